The van der Waals surface area contributed by atoms with Crippen LogP contribution in [0.4, 0.5) is 5.69 Å². The smallest absolute Gasteiger partial charge is 0.168 e. The fourth-order valence-electron chi connectivity index (χ4n) is 5.46. The SMILES string of the molecule is COc1ccc(N=C2CC(C)(C)CC(=O)C2=C(O)CCc2noc3c2C(=O)CC(c2ccccc2)C3)cc1. The fraction of sp³-hybridized carbons (Fsp3) is 0.355. The van der Waals surface area contributed by atoms with E-state index < -0.39 is 0 Å². The molecule has 0 bridgehead atoms. The van der Waals surface area contributed by atoms with Crippen molar-refractivity contribution in [2.45, 2.75) is 58.3 Å². The predicted octanol–water partition coefficient (Wildman–Crippen LogP) is 6.50. The van der Waals surface area contributed by atoms with E-state index in [9.17, 15) is 14.7 Å². The second-order valence-electron chi connectivity index (χ2n) is 10.9. The van der Waals surface area contributed by atoms with Crippen LogP contribution < -0.4 is 4.74 Å². The molecule has 0 saturated heterocycles. The number of Topliss-reactive ketones (excluding diaryl/α,β-unsaturated/α-hetero) is 2. The van der Waals surface area contributed by atoms with Crippen molar-refractivity contribution < 1.29 is 24.0 Å². The van der Waals surface area contributed by atoms with Crippen LogP contribution in [0.2, 0.25) is 0 Å². The summed E-state index contributed by atoms with van der Waals surface area (Å²) < 4.78 is 10.8. The zero-order valence-corrected chi connectivity index (χ0v) is 22.0. The van der Waals surface area contributed by atoms with E-state index in [-0.39, 0.29) is 40.7 Å². The van der Waals surface area contributed by atoms with E-state index in [1.807, 2.05) is 68.4 Å². The van der Waals surface area contributed by atoms with Gasteiger partial charge in [0.2, 0.25) is 0 Å². The number of nitrogens with zero attached hydrogens (tertiary/aromatic N) is 2. The van der Waals surface area contributed by atoms with Gasteiger partial charge in [0.25, 0.3) is 0 Å². The van der Waals surface area contributed by atoms with E-state index in [1.165, 1.54) is 0 Å². The zero-order chi connectivity index (χ0) is 26.9. The molecule has 5 rings (SSSR count). The van der Waals surface area contributed by atoms with Crippen LogP contribution in [-0.2, 0) is 17.6 Å². The van der Waals surface area contributed by atoms with Gasteiger partial charge in [-0.05, 0) is 47.6 Å². The number of carbonyl (C=O) groups is 2. The van der Waals surface area contributed by atoms with Crippen LogP contribution in [-0.4, -0.2) is 34.7 Å². The van der Waals surface area contributed by atoms with E-state index in [4.69, 9.17) is 14.3 Å². The molecule has 7 nitrogen and oxygen atoms in total. The second-order valence-corrected chi connectivity index (χ2v) is 10.9. The Morgan fingerprint density at radius 1 is 1.05 bits per heavy atom. The van der Waals surface area contributed by atoms with Gasteiger partial charge in [0.15, 0.2) is 11.6 Å². The van der Waals surface area contributed by atoms with Gasteiger partial charge in [-0.1, -0.05) is 49.3 Å². The molecule has 2 aromatic carbocycles. The van der Waals surface area contributed by atoms with Crippen molar-refractivity contribution in [3.63, 3.8) is 0 Å². The first-order valence-electron chi connectivity index (χ1n) is 13.0. The number of hydrogen-bond donors (Lipinski definition) is 1. The molecule has 7 heteroatoms. The van der Waals surface area contributed by atoms with E-state index in [2.05, 4.69) is 5.16 Å². The van der Waals surface area contributed by atoms with Crippen LogP contribution in [0.3, 0.4) is 0 Å². The number of allylic oxidation sites excluding steroid dienone is 2. The number of ketones is 2. The quantitative estimate of drug-likeness (QED) is 0.299. The highest BCUT2D eigenvalue weighted by Crippen LogP contribution is 2.38. The molecule has 1 heterocycles. The van der Waals surface area contributed by atoms with E-state index in [1.54, 1.807) is 7.11 Å². The summed E-state index contributed by atoms with van der Waals surface area (Å²) in [7, 11) is 1.60. The van der Waals surface area contributed by atoms with Gasteiger partial charge in [-0.3, -0.25) is 14.6 Å². The molecule has 2 aliphatic rings. The zero-order valence-electron chi connectivity index (χ0n) is 22.0. The Balaban J connectivity index is 1.38. The molecule has 196 valence electrons. The number of aliphatic hydroxyl groups is 1. The first kappa shape index (κ1) is 25.6. The van der Waals surface area contributed by atoms with Crippen LogP contribution >= 0.6 is 0 Å². The van der Waals surface area contributed by atoms with Gasteiger partial charge in [0.1, 0.15) is 17.3 Å². The van der Waals surface area contributed by atoms with Gasteiger partial charge in [0, 0.05) is 32.1 Å². The highest BCUT2D eigenvalue weighted by molar-refractivity contribution is 6.25. The van der Waals surface area contributed by atoms with Crippen molar-refractivity contribution in [2.24, 2.45) is 10.4 Å². The summed E-state index contributed by atoms with van der Waals surface area (Å²) in [5.74, 6) is 1.21. The third kappa shape index (κ3) is 5.32. The molecule has 1 aromatic heterocycles. The number of benzene rings is 2. The fourth-order valence-corrected chi connectivity index (χ4v) is 5.46. The van der Waals surface area contributed by atoms with Crippen LogP contribution in [0.5, 0.6) is 5.75 Å². The van der Waals surface area contributed by atoms with Crippen molar-refractivity contribution in [1.82, 2.24) is 5.16 Å². The lowest BCUT2D eigenvalue weighted by atomic mass is 9.73. The molecule has 0 radical (unpaired) electrons. The van der Waals surface area contributed by atoms with Crippen molar-refractivity contribution in [3.05, 3.63) is 88.5 Å². The Kier molecular flexibility index (Phi) is 7.02. The molecular formula is C31H32N2O5. The summed E-state index contributed by atoms with van der Waals surface area (Å²) in [6.07, 6.45) is 2.34. The van der Waals surface area contributed by atoms with Crippen molar-refractivity contribution in [1.29, 1.82) is 0 Å². The summed E-state index contributed by atoms with van der Waals surface area (Å²) in [5, 5.41) is 15.3. The van der Waals surface area contributed by atoms with Crippen molar-refractivity contribution in [2.75, 3.05) is 7.11 Å². The predicted molar refractivity (Wildman–Crippen MR) is 144 cm³/mol. The molecule has 1 atom stereocenters. The first-order valence-corrected chi connectivity index (χ1v) is 13.0. The molecule has 3 aromatic rings. The Morgan fingerprint density at radius 2 is 1.79 bits per heavy atom. The van der Waals surface area contributed by atoms with Crippen molar-refractivity contribution in [3.8, 4) is 5.75 Å². The molecular weight excluding hydrogens is 480 g/mol. The number of aryl methyl sites for hydroxylation is 1. The standard InChI is InChI=1S/C31H32N2O5/c1-31(2)17-24(32-21-9-11-22(37-3)12-10-21)29(27(36)18-31)25(34)14-13-23-30-26(35)15-20(16-28(30)38-33-23)19-7-5-4-6-8-19/h4-12,20,34H,13-18H2,1-3H3. The number of aromatic nitrogens is 1. The summed E-state index contributed by atoms with van der Waals surface area (Å²) in [6.45, 7) is 4.05. The first-order chi connectivity index (χ1) is 18.2. The van der Waals surface area contributed by atoms with E-state index in [0.29, 0.717) is 66.3 Å². The number of aliphatic imine (C=N–C) groups is 1. The molecule has 1 saturated carbocycles. The highest BCUT2D eigenvalue weighted by Gasteiger charge is 2.37. The van der Waals surface area contributed by atoms with Crippen LogP contribution in [0.15, 0.2) is 75.4 Å². The maximum atomic E-state index is 13.2. The van der Waals surface area contributed by atoms with Gasteiger partial charge in [-0.25, -0.2) is 0 Å². The Morgan fingerprint density at radius 3 is 2.50 bits per heavy atom. The van der Waals surface area contributed by atoms with E-state index in [0.717, 1.165) is 5.56 Å². The number of carbonyl (C=O) groups excluding carboxylic acids is 2. The van der Waals surface area contributed by atoms with Gasteiger partial charge in [-0.2, -0.15) is 0 Å². The maximum absolute atomic E-state index is 13.2. The number of hydrogen-bond acceptors (Lipinski definition) is 7. The molecule has 1 N–H and O–H groups in total. The number of fused-ring (bicyclic) bond motifs is 1. The number of aliphatic hydroxyl groups excluding tert-OH is 1. The minimum atomic E-state index is -0.265. The van der Waals surface area contributed by atoms with Crippen LogP contribution in [0.25, 0.3) is 0 Å². The molecule has 38 heavy (non-hydrogen) atoms. The average Bonchev–Trinajstić information content (AvgIpc) is 3.31. The lowest BCUT2D eigenvalue weighted by Crippen LogP contribution is -2.32. The van der Waals surface area contributed by atoms with Gasteiger partial charge in [-0.15, -0.1) is 0 Å². The molecule has 1 fully saturated rings. The summed E-state index contributed by atoms with van der Waals surface area (Å²) in [5.41, 5.74) is 3.42. The number of ether oxygens (including phenoxy) is 1. The third-order valence-electron chi connectivity index (χ3n) is 7.32. The largest absolute Gasteiger partial charge is 0.511 e. The summed E-state index contributed by atoms with van der Waals surface area (Å²) in [4.78, 5) is 31.0. The second kappa shape index (κ2) is 10.4. The molecule has 2 aliphatic carbocycles. The minimum Gasteiger partial charge on any atom is -0.511 e. The van der Waals surface area contributed by atoms with E-state index >= 15 is 0 Å². The third-order valence-corrected chi connectivity index (χ3v) is 7.32. The van der Waals surface area contributed by atoms with Gasteiger partial charge in [0.05, 0.1) is 35.3 Å². The summed E-state index contributed by atoms with van der Waals surface area (Å²) >= 11 is 0. The minimum absolute atomic E-state index is 0.000690. The van der Waals surface area contributed by atoms with Gasteiger partial charge >= 0.3 is 0 Å². The lowest BCUT2D eigenvalue weighted by Gasteiger charge is -2.31. The van der Waals surface area contributed by atoms with Gasteiger partial charge < -0.3 is 14.4 Å². The Hall–Kier alpha value is -4.00. The number of rotatable bonds is 6. The Bertz CT molecular complexity index is 1410. The molecule has 1 unspecified atom stereocenters. The Labute approximate surface area is 222 Å². The maximum Gasteiger partial charge on any atom is 0.168 e. The number of methoxy groups -OCH3 is 1. The molecule has 0 amide bonds. The molecule has 0 aliphatic heterocycles. The van der Waals surface area contributed by atoms with Crippen LogP contribution in [0.1, 0.15) is 72.8 Å². The highest BCUT2D eigenvalue weighted by atomic mass is 16.5. The lowest BCUT2D eigenvalue weighted by molar-refractivity contribution is -0.117. The van der Waals surface area contributed by atoms with Crippen molar-refractivity contribution >= 4 is 23.0 Å². The molecule has 0 spiro atoms. The van der Waals surface area contributed by atoms with Crippen LogP contribution in [0, 0.1) is 5.41 Å². The topological polar surface area (TPSA) is 102 Å². The normalized spacial score (nSPS) is 21.3. The summed E-state index contributed by atoms with van der Waals surface area (Å²) in [6, 6.07) is 17.2. The average molecular weight is 513 g/mol. The monoisotopic (exact) mass is 512 g/mol.